The molecule has 118 valence electrons. The number of hydrogen-bond acceptors (Lipinski definition) is 2. The highest BCUT2D eigenvalue weighted by Gasteiger charge is 2.20. The SMILES string of the molecule is CCN(CCC(NC)c1cccc(Br)c1)C1CCCCC1. The normalized spacial score (nSPS) is 18.1. The van der Waals surface area contributed by atoms with Gasteiger partial charge in [-0.25, -0.2) is 0 Å². The van der Waals surface area contributed by atoms with Crippen LogP contribution in [0.2, 0.25) is 0 Å². The van der Waals surface area contributed by atoms with Crippen molar-refractivity contribution in [3.63, 3.8) is 0 Å². The Kier molecular flexibility index (Phi) is 7.21. The van der Waals surface area contributed by atoms with Crippen molar-refractivity contribution in [2.24, 2.45) is 0 Å². The van der Waals surface area contributed by atoms with Crippen molar-refractivity contribution < 1.29 is 0 Å². The molecule has 1 aromatic carbocycles. The summed E-state index contributed by atoms with van der Waals surface area (Å²) in [4.78, 5) is 2.70. The molecule has 0 saturated heterocycles. The molecule has 1 N–H and O–H groups in total. The predicted octanol–water partition coefficient (Wildman–Crippen LogP) is 4.75. The second-order valence-electron chi connectivity index (χ2n) is 6.11. The first-order chi connectivity index (χ1) is 10.2. The maximum atomic E-state index is 3.58. The van der Waals surface area contributed by atoms with Crippen molar-refractivity contribution in [2.75, 3.05) is 20.1 Å². The molecule has 21 heavy (non-hydrogen) atoms. The molecule has 2 nitrogen and oxygen atoms in total. The fourth-order valence-corrected chi connectivity index (χ4v) is 3.96. The van der Waals surface area contributed by atoms with Crippen molar-refractivity contribution in [3.05, 3.63) is 34.3 Å². The number of rotatable bonds is 7. The van der Waals surface area contributed by atoms with E-state index in [2.05, 4.69) is 64.4 Å². The molecule has 0 radical (unpaired) electrons. The van der Waals surface area contributed by atoms with Gasteiger partial charge in [0.15, 0.2) is 0 Å². The molecule has 3 heteroatoms. The van der Waals surface area contributed by atoms with E-state index in [-0.39, 0.29) is 0 Å². The highest BCUT2D eigenvalue weighted by Crippen LogP contribution is 2.25. The van der Waals surface area contributed by atoms with E-state index >= 15 is 0 Å². The number of halogens is 1. The monoisotopic (exact) mass is 352 g/mol. The Bertz CT molecular complexity index is 415. The fraction of sp³-hybridized carbons (Fsp3) is 0.667. The minimum Gasteiger partial charge on any atom is -0.313 e. The summed E-state index contributed by atoms with van der Waals surface area (Å²) < 4.78 is 1.17. The molecule has 0 bridgehead atoms. The van der Waals surface area contributed by atoms with Crippen LogP contribution in [-0.2, 0) is 0 Å². The molecular formula is C18H29BrN2. The number of nitrogens with zero attached hydrogens (tertiary/aromatic N) is 1. The van der Waals surface area contributed by atoms with Crippen LogP contribution in [0, 0.1) is 0 Å². The molecular weight excluding hydrogens is 324 g/mol. The van der Waals surface area contributed by atoms with Gasteiger partial charge in [0, 0.05) is 23.1 Å². The zero-order valence-corrected chi connectivity index (χ0v) is 15.0. The van der Waals surface area contributed by atoms with Crippen LogP contribution in [0.3, 0.4) is 0 Å². The molecule has 0 aromatic heterocycles. The van der Waals surface area contributed by atoms with E-state index in [1.165, 1.54) is 61.7 Å². The van der Waals surface area contributed by atoms with Gasteiger partial charge < -0.3 is 10.2 Å². The van der Waals surface area contributed by atoms with Gasteiger partial charge >= 0.3 is 0 Å². The minimum atomic E-state index is 0.445. The van der Waals surface area contributed by atoms with Gasteiger partial charge in [0.2, 0.25) is 0 Å². The van der Waals surface area contributed by atoms with E-state index in [0.29, 0.717) is 6.04 Å². The molecule has 0 amide bonds. The van der Waals surface area contributed by atoms with Gasteiger partial charge in [0.25, 0.3) is 0 Å². The number of hydrogen-bond donors (Lipinski definition) is 1. The summed E-state index contributed by atoms with van der Waals surface area (Å²) in [5, 5.41) is 3.48. The third-order valence-electron chi connectivity index (χ3n) is 4.80. The van der Waals surface area contributed by atoms with E-state index in [0.717, 1.165) is 6.04 Å². The Labute approximate surface area is 138 Å². The van der Waals surface area contributed by atoms with Crippen LogP contribution in [0.4, 0.5) is 0 Å². The first-order valence-corrected chi connectivity index (χ1v) is 9.20. The maximum absolute atomic E-state index is 3.58. The Morgan fingerprint density at radius 2 is 2.05 bits per heavy atom. The maximum Gasteiger partial charge on any atom is 0.0330 e. The van der Waals surface area contributed by atoms with E-state index in [9.17, 15) is 0 Å². The summed E-state index contributed by atoms with van der Waals surface area (Å²) in [7, 11) is 2.07. The van der Waals surface area contributed by atoms with Crippen LogP contribution in [0.5, 0.6) is 0 Å². The average Bonchev–Trinajstić information content (AvgIpc) is 2.52. The molecule has 1 aromatic rings. The largest absolute Gasteiger partial charge is 0.313 e. The molecule has 0 spiro atoms. The Hall–Kier alpha value is -0.380. The molecule has 1 aliphatic carbocycles. The van der Waals surface area contributed by atoms with Gasteiger partial charge in [-0.05, 0) is 50.6 Å². The molecule has 0 aliphatic heterocycles. The van der Waals surface area contributed by atoms with Gasteiger partial charge in [-0.2, -0.15) is 0 Å². The van der Waals surface area contributed by atoms with Gasteiger partial charge in [-0.3, -0.25) is 0 Å². The molecule has 2 rings (SSSR count). The fourth-order valence-electron chi connectivity index (χ4n) is 3.54. The highest BCUT2D eigenvalue weighted by molar-refractivity contribution is 9.10. The molecule has 1 saturated carbocycles. The van der Waals surface area contributed by atoms with Gasteiger partial charge in [-0.1, -0.05) is 54.2 Å². The van der Waals surface area contributed by atoms with Crippen LogP contribution in [0.15, 0.2) is 28.7 Å². The third kappa shape index (κ3) is 5.08. The average molecular weight is 353 g/mol. The lowest BCUT2D eigenvalue weighted by molar-refractivity contribution is 0.157. The van der Waals surface area contributed by atoms with Crippen molar-refractivity contribution >= 4 is 15.9 Å². The van der Waals surface area contributed by atoms with Crippen LogP contribution in [0.25, 0.3) is 0 Å². The van der Waals surface area contributed by atoms with Crippen LogP contribution in [0.1, 0.15) is 57.1 Å². The summed E-state index contributed by atoms with van der Waals surface area (Å²) in [6, 6.07) is 9.95. The summed E-state index contributed by atoms with van der Waals surface area (Å²) in [6.07, 6.45) is 8.25. The number of nitrogens with one attached hydrogen (secondary N) is 1. The molecule has 1 aliphatic rings. The quantitative estimate of drug-likeness (QED) is 0.761. The summed E-state index contributed by atoms with van der Waals surface area (Å²) in [5.41, 5.74) is 1.38. The van der Waals surface area contributed by atoms with Gasteiger partial charge in [0.05, 0.1) is 0 Å². The zero-order chi connectivity index (χ0) is 15.1. The highest BCUT2D eigenvalue weighted by atomic mass is 79.9. The van der Waals surface area contributed by atoms with Crippen molar-refractivity contribution in [2.45, 2.75) is 57.5 Å². The second-order valence-corrected chi connectivity index (χ2v) is 7.02. The van der Waals surface area contributed by atoms with Crippen LogP contribution < -0.4 is 5.32 Å². The van der Waals surface area contributed by atoms with Crippen molar-refractivity contribution in [3.8, 4) is 0 Å². The van der Waals surface area contributed by atoms with Crippen LogP contribution >= 0.6 is 15.9 Å². The summed E-state index contributed by atoms with van der Waals surface area (Å²) in [5.74, 6) is 0. The summed E-state index contributed by atoms with van der Waals surface area (Å²) >= 11 is 3.58. The van der Waals surface area contributed by atoms with Crippen molar-refractivity contribution in [1.29, 1.82) is 0 Å². The molecule has 1 fully saturated rings. The molecule has 0 heterocycles. The number of benzene rings is 1. The first kappa shape index (κ1) is 17.0. The van der Waals surface area contributed by atoms with Gasteiger partial charge in [-0.15, -0.1) is 0 Å². The Balaban J connectivity index is 1.91. The smallest absolute Gasteiger partial charge is 0.0330 e. The van der Waals surface area contributed by atoms with Crippen molar-refractivity contribution in [1.82, 2.24) is 10.2 Å². The van der Waals surface area contributed by atoms with E-state index in [1.54, 1.807) is 0 Å². The molecule has 1 atom stereocenters. The minimum absolute atomic E-state index is 0.445. The lowest BCUT2D eigenvalue weighted by Crippen LogP contribution is -2.38. The third-order valence-corrected chi connectivity index (χ3v) is 5.30. The van der Waals surface area contributed by atoms with E-state index in [4.69, 9.17) is 0 Å². The van der Waals surface area contributed by atoms with Gasteiger partial charge in [0.1, 0.15) is 0 Å². The molecule has 1 unspecified atom stereocenters. The Morgan fingerprint density at radius 1 is 1.29 bits per heavy atom. The van der Waals surface area contributed by atoms with E-state index in [1.807, 2.05) is 0 Å². The second kappa shape index (κ2) is 8.92. The summed E-state index contributed by atoms with van der Waals surface area (Å²) in [6.45, 7) is 4.68. The predicted molar refractivity (Wildman–Crippen MR) is 94.7 cm³/mol. The first-order valence-electron chi connectivity index (χ1n) is 8.41. The van der Waals surface area contributed by atoms with Crippen LogP contribution in [-0.4, -0.2) is 31.1 Å². The lowest BCUT2D eigenvalue weighted by Gasteiger charge is -2.34. The lowest BCUT2D eigenvalue weighted by atomic mass is 9.93. The Morgan fingerprint density at radius 3 is 2.67 bits per heavy atom. The standard InChI is InChI=1S/C18H29BrN2/c1-3-21(17-10-5-4-6-11-17)13-12-18(20-2)15-8-7-9-16(19)14-15/h7-9,14,17-18,20H,3-6,10-13H2,1-2H3. The zero-order valence-electron chi connectivity index (χ0n) is 13.4. The van der Waals surface area contributed by atoms with E-state index < -0.39 is 0 Å². The topological polar surface area (TPSA) is 15.3 Å².